The molecular weight excluding hydrogens is 362 g/mol. The Kier molecular flexibility index (Phi) is 5.02. The van der Waals surface area contributed by atoms with Gasteiger partial charge in [0.2, 0.25) is 0 Å². The average molecular weight is 387 g/mol. The van der Waals surface area contributed by atoms with Crippen molar-refractivity contribution in [1.29, 1.82) is 0 Å². The summed E-state index contributed by atoms with van der Waals surface area (Å²) in [5.41, 5.74) is 1.02. The zero-order valence-corrected chi connectivity index (χ0v) is 15.9. The van der Waals surface area contributed by atoms with E-state index in [1.807, 2.05) is 6.92 Å². The maximum absolute atomic E-state index is 13.3. The van der Waals surface area contributed by atoms with Gasteiger partial charge in [-0.15, -0.1) is 0 Å². The number of Topliss-reactive ketones (excluding diaryl/α,β-unsaturated/α-hetero) is 1. The Labute approximate surface area is 163 Å². The van der Waals surface area contributed by atoms with E-state index in [0.717, 1.165) is 25.7 Å². The van der Waals surface area contributed by atoms with Gasteiger partial charge in [0.15, 0.2) is 23.0 Å². The second-order valence-electron chi connectivity index (χ2n) is 7.44. The highest BCUT2D eigenvalue weighted by Gasteiger charge is 2.51. The lowest BCUT2D eigenvalue weighted by Crippen LogP contribution is -2.39. The molecule has 150 valence electrons. The predicted octanol–water partition coefficient (Wildman–Crippen LogP) is 2.08. The first-order valence-corrected chi connectivity index (χ1v) is 9.89. The van der Waals surface area contributed by atoms with Crippen molar-refractivity contribution in [3.63, 3.8) is 0 Å². The number of aromatic hydroxyl groups is 1. The van der Waals surface area contributed by atoms with Crippen LogP contribution in [0.25, 0.3) is 0 Å². The molecular formula is C21H25NO6. The Bertz CT molecular complexity index is 832. The summed E-state index contributed by atoms with van der Waals surface area (Å²) in [5.74, 6) is -0.201. The number of hydrogen-bond donors (Lipinski definition) is 2. The molecule has 2 aliphatic heterocycles. The summed E-state index contributed by atoms with van der Waals surface area (Å²) in [6.45, 7) is 2.06. The van der Waals surface area contributed by atoms with Crippen molar-refractivity contribution in [1.82, 2.24) is 4.90 Å². The minimum Gasteiger partial charge on any atom is -0.504 e. The number of fused-ring (bicyclic) bond motifs is 1. The van der Waals surface area contributed by atoms with E-state index in [9.17, 15) is 19.8 Å². The normalized spacial score (nSPS) is 26.8. The summed E-state index contributed by atoms with van der Waals surface area (Å²) in [5, 5.41) is 19.5. The second-order valence-corrected chi connectivity index (χ2v) is 7.44. The van der Waals surface area contributed by atoms with Crippen LogP contribution in [0.5, 0.6) is 11.5 Å². The first-order chi connectivity index (χ1) is 13.6. The fourth-order valence-corrected chi connectivity index (χ4v) is 4.55. The van der Waals surface area contributed by atoms with Gasteiger partial charge < -0.3 is 24.6 Å². The minimum absolute atomic E-state index is 0.00333. The molecule has 0 bridgehead atoms. The highest BCUT2D eigenvalue weighted by atomic mass is 16.5. The molecule has 1 amide bonds. The van der Waals surface area contributed by atoms with Gasteiger partial charge in [0.25, 0.3) is 5.91 Å². The fourth-order valence-electron chi connectivity index (χ4n) is 4.55. The Balaban J connectivity index is 1.79. The van der Waals surface area contributed by atoms with E-state index in [-0.39, 0.29) is 48.4 Å². The van der Waals surface area contributed by atoms with Crippen molar-refractivity contribution in [2.45, 2.75) is 44.8 Å². The van der Waals surface area contributed by atoms with Crippen LogP contribution in [0, 0.1) is 5.92 Å². The zero-order chi connectivity index (χ0) is 19.8. The molecule has 2 N–H and O–H groups in total. The number of benzene rings is 1. The molecule has 28 heavy (non-hydrogen) atoms. The molecule has 2 heterocycles. The van der Waals surface area contributed by atoms with Crippen molar-refractivity contribution in [3.8, 4) is 11.5 Å². The van der Waals surface area contributed by atoms with E-state index in [1.165, 1.54) is 11.0 Å². The third-order valence-electron chi connectivity index (χ3n) is 5.80. The van der Waals surface area contributed by atoms with Gasteiger partial charge in [-0.1, -0.05) is 12.5 Å². The molecule has 0 spiro atoms. The highest BCUT2D eigenvalue weighted by Crippen LogP contribution is 2.47. The van der Waals surface area contributed by atoms with E-state index in [4.69, 9.17) is 9.47 Å². The van der Waals surface area contributed by atoms with Crippen molar-refractivity contribution in [2.75, 3.05) is 19.8 Å². The number of phenolic OH excluding ortho intramolecular Hbond substituents is 1. The maximum Gasteiger partial charge on any atom is 0.290 e. The smallest absolute Gasteiger partial charge is 0.290 e. The Morgan fingerprint density at radius 1 is 1.25 bits per heavy atom. The standard InChI is InChI=1S/C21H25NO6/c1-2-27-16-11-12(7-8-14(16)24)18-17-19(25)13-5-3-4-6-15(13)28-20(17)21(26)22(18)9-10-23/h7-8,11,13,15,18,23-24H,2-6,9-10H2,1H3. The summed E-state index contributed by atoms with van der Waals surface area (Å²) in [7, 11) is 0. The van der Waals surface area contributed by atoms with Gasteiger partial charge in [0.05, 0.1) is 30.7 Å². The second kappa shape index (κ2) is 7.47. The van der Waals surface area contributed by atoms with Crippen molar-refractivity contribution in [3.05, 3.63) is 35.1 Å². The quantitative estimate of drug-likeness (QED) is 0.803. The molecule has 7 nitrogen and oxygen atoms in total. The van der Waals surface area contributed by atoms with Crippen LogP contribution in [-0.2, 0) is 14.3 Å². The zero-order valence-electron chi connectivity index (χ0n) is 15.9. The number of β-amino-alcohol motifs (C(OH)–C–C–N with tert-alkyl or cyclic N) is 1. The molecule has 0 aromatic heterocycles. The van der Waals surface area contributed by atoms with Crippen LogP contribution >= 0.6 is 0 Å². The van der Waals surface area contributed by atoms with E-state index in [1.54, 1.807) is 12.1 Å². The van der Waals surface area contributed by atoms with E-state index in [2.05, 4.69) is 0 Å². The number of nitrogens with zero attached hydrogens (tertiary/aromatic N) is 1. The molecule has 4 rings (SSSR count). The number of ketones is 1. The number of rotatable bonds is 5. The molecule has 3 atom stereocenters. The minimum atomic E-state index is -0.648. The Hall–Kier alpha value is -2.54. The van der Waals surface area contributed by atoms with Crippen LogP contribution in [0.1, 0.15) is 44.2 Å². The first kappa shape index (κ1) is 18.8. The van der Waals surface area contributed by atoms with Crippen molar-refractivity contribution in [2.24, 2.45) is 5.92 Å². The SMILES string of the molecule is CCOc1cc(C2C3=C(OC4CCCCC4C3=O)C(=O)N2CCO)ccc1O. The fraction of sp³-hybridized carbons (Fsp3) is 0.524. The molecule has 1 aromatic carbocycles. The maximum atomic E-state index is 13.3. The van der Waals surface area contributed by atoms with Gasteiger partial charge in [-0.3, -0.25) is 9.59 Å². The Morgan fingerprint density at radius 3 is 2.79 bits per heavy atom. The van der Waals surface area contributed by atoms with Gasteiger partial charge in [0.1, 0.15) is 6.10 Å². The molecule has 1 aliphatic carbocycles. The number of ether oxygens (including phenoxy) is 2. The number of hydrogen-bond acceptors (Lipinski definition) is 6. The number of aliphatic hydroxyl groups excluding tert-OH is 1. The van der Waals surface area contributed by atoms with Gasteiger partial charge in [-0.2, -0.15) is 0 Å². The Morgan fingerprint density at radius 2 is 2.04 bits per heavy atom. The summed E-state index contributed by atoms with van der Waals surface area (Å²) in [6.07, 6.45) is 3.27. The number of amides is 1. The highest BCUT2D eigenvalue weighted by molar-refractivity contribution is 6.11. The molecule has 0 saturated heterocycles. The summed E-state index contributed by atoms with van der Waals surface area (Å²) >= 11 is 0. The van der Waals surface area contributed by atoms with Crippen LogP contribution in [0.4, 0.5) is 0 Å². The van der Waals surface area contributed by atoms with Gasteiger partial charge in [0, 0.05) is 6.54 Å². The largest absolute Gasteiger partial charge is 0.504 e. The van der Waals surface area contributed by atoms with Crippen molar-refractivity contribution >= 4 is 11.7 Å². The van der Waals surface area contributed by atoms with Crippen molar-refractivity contribution < 1.29 is 29.3 Å². The number of carbonyl (C=O) groups is 2. The molecule has 3 unspecified atom stereocenters. The molecule has 3 aliphatic rings. The third-order valence-corrected chi connectivity index (χ3v) is 5.80. The first-order valence-electron chi connectivity index (χ1n) is 9.89. The molecule has 1 saturated carbocycles. The molecule has 1 aromatic rings. The monoisotopic (exact) mass is 387 g/mol. The van der Waals surface area contributed by atoms with E-state index < -0.39 is 6.04 Å². The lowest BCUT2D eigenvalue weighted by molar-refractivity contribution is -0.135. The number of aliphatic hydroxyl groups is 1. The number of carbonyl (C=O) groups excluding carboxylic acids is 2. The molecule has 1 fully saturated rings. The lowest BCUT2D eigenvalue weighted by atomic mass is 9.77. The van der Waals surface area contributed by atoms with Crippen LogP contribution in [0.2, 0.25) is 0 Å². The van der Waals surface area contributed by atoms with Crippen LogP contribution in [0.3, 0.4) is 0 Å². The summed E-state index contributed by atoms with van der Waals surface area (Å²) in [4.78, 5) is 27.8. The van der Waals surface area contributed by atoms with Crippen LogP contribution in [0.15, 0.2) is 29.5 Å². The van der Waals surface area contributed by atoms with Gasteiger partial charge in [-0.05, 0) is 43.9 Å². The average Bonchev–Trinajstić information content (AvgIpc) is 2.97. The van der Waals surface area contributed by atoms with Gasteiger partial charge >= 0.3 is 0 Å². The third kappa shape index (κ3) is 2.94. The van der Waals surface area contributed by atoms with E-state index in [0.29, 0.717) is 23.5 Å². The van der Waals surface area contributed by atoms with Gasteiger partial charge in [-0.25, -0.2) is 0 Å². The predicted molar refractivity (Wildman–Crippen MR) is 99.7 cm³/mol. The van der Waals surface area contributed by atoms with Crippen LogP contribution in [-0.4, -0.2) is 52.7 Å². The summed E-state index contributed by atoms with van der Waals surface area (Å²) < 4.78 is 11.5. The van der Waals surface area contributed by atoms with E-state index >= 15 is 0 Å². The lowest BCUT2D eigenvalue weighted by Gasteiger charge is -2.35. The summed E-state index contributed by atoms with van der Waals surface area (Å²) in [6, 6.07) is 4.18. The van der Waals surface area contributed by atoms with Crippen LogP contribution < -0.4 is 4.74 Å². The molecule has 7 heteroatoms. The molecule has 0 radical (unpaired) electrons. The topological polar surface area (TPSA) is 96.3 Å². The number of phenols is 1.